The molecule has 2 rings (SSSR count). The predicted octanol–water partition coefficient (Wildman–Crippen LogP) is -3.15. The van der Waals surface area contributed by atoms with Crippen molar-refractivity contribution >= 4 is 35.6 Å². The minimum atomic E-state index is -1.32. The van der Waals surface area contributed by atoms with Crippen molar-refractivity contribution < 1.29 is 34.2 Å². The Morgan fingerprint density at radius 1 is 1.19 bits per heavy atom. The molecule has 0 aromatic carbocycles. The standard InChI is InChI=1S/C21H33N9O7/c22-12(8-16(31)32)19(35)30-6-2-4-15(30)18(34)28-13(3-1-5-26-21(23)24)17(33)29-14(20(36)37)7-11-9-25-10-27-11/h9-10,12-15H,1-8,22H2,(H,25,27)(H,28,34)(H,29,33)(H,31,32)(H,36,37)(H4,23,24,26). The lowest BCUT2D eigenvalue weighted by Crippen LogP contribution is -2.57. The summed E-state index contributed by atoms with van der Waals surface area (Å²) in [7, 11) is 0. The van der Waals surface area contributed by atoms with E-state index in [9.17, 15) is 29.1 Å². The Morgan fingerprint density at radius 2 is 1.92 bits per heavy atom. The van der Waals surface area contributed by atoms with E-state index >= 15 is 0 Å². The average molecular weight is 524 g/mol. The number of carbonyl (C=O) groups excluding carboxylic acids is 3. The summed E-state index contributed by atoms with van der Waals surface area (Å²) in [6, 6.07) is -4.73. The fourth-order valence-corrected chi connectivity index (χ4v) is 3.92. The molecule has 2 heterocycles. The summed E-state index contributed by atoms with van der Waals surface area (Å²) in [5.41, 5.74) is 16.8. The van der Waals surface area contributed by atoms with Gasteiger partial charge in [-0.3, -0.25) is 24.2 Å². The van der Waals surface area contributed by atoms with E-state index in [1.165, 1.54) is 17.4 Å². The Morgan fingerprint density at radius 3 is 2.51 bits per heavy atom. The second-order valence-electron chi connectivity index (χ2n) is 8.58. The molecule has 0 spiro atoms. The number of amides is 3. The van der Waals surface area contributed by atoms with Crippen molar-refractivity contribution in [1.29, 1.82) is 0 Å². The van der Waals surface area contributed by atoms with Gasteiger partial charge in [0.25, 0.3) is 0 Å². The molecule has 1 aromatic rings. The van der Waals surface area contributed by atoms with E-state index in [0.717, 1.165) is 0 Å². The predicted molar refractivity (Wildman–Crippen MR) is 129 cm³/mol. The van der Waals surface area contributed by atoms with Crippen LogP contribution in [0.3, 0.4) is 0 Å². The van der Waals surface area contributed by atoms with E-state index in [0.29, 0.717) is 12.1 Å². The van der Waals surface area contributed by atoms with Crippen LogP contribution >= 0.6 is 0 Å². The number of carbonyl (C=O) groups is 5. The third-order valence-electron chi connectivity index (χ3n) is 5.72. The lowest BCUT2D eigenvalue weighted by atomic mass is 10.1. The molecule has 1 aliphatic heterocycles. The number of carboxylic acid groups (broad SMARTS) is 2. The molecular weight excluding hydrogens is 490 g/mol. The molecule has 1 fully saturated rings. The Balaban J connectivity index is 2.13. The molecule has 4 unspecified atom stereocenters. The number of aliphatic carboxylic acids is 2. The highest BCUT2D eigenvalue weighted by atomic mass is 16.4. The molecule has 1 saturated heterocycles. The molecule has 16 nitrogen and oxygen atoms in total. The number of imidazole rings is 1. The van der Waals surface area contributed by atoms with Gasteiger partial charge in [-0.1, -0.05) is 0 Å². The van der Waals surface area contributed by atoms with E-state index in [1.54, 1.807) is 0 Å². The number of hydrogen-bond acceptors (Lipinski definition) is 8. The largest absolute Gasteiger partial charge is 0.481 e. The molecule has 204 valence electrons. The summed E-state index contributed by atoms with van der Waals surface area (Å²) in [5, 5.41) is 23.5. The van der Waals surface area contributed by atoms with Crippen molar-refractivity contribution in [1.82, 2.24) is 25.5 Å². The normalized spacial score (nSPS) is 17.3. The lowest BCUT2D eigenvalue weighted by Gasteiger charge is -2.28. The highest BCUT2D eigenvalue weighted by Gasteiger charge is 2.38. The minimum Gasteiger partial charge on any atom is -0.481 e. The van der Waals surface area contributed by atoms with Crippen LogP contribution in [0.15, 0.2) is 17.5 Å². The molecule has 37 heavy (non-hydrogen) atoms. The van der Waals surface area contributed by atoms with Gasteiger partial charge in [0.2, 0.25) is 17.7 Å². The van der Waals surface area contributed by atoms with Gasteiger partial charge in [0.1, 0.15) is 18.1 Å². The number of aromatic nitrogens is 2. The zero-order valence-corrected chi connectivity index (χ0v) is 20.1. The fourth-order valence-electron chi connectivity index (χ4n) is 3.92. The van der Waals surface area contributed by atoms with E-state index < -0.39 is 60.2 Å². The van der Waals surface area contributed by atoms with Crippen molar-refractivity contribution in [2.45, 2.75) is 62.7 Å². The number of aromatic amines is 1. The van der Waals surface area contributed by atoms with Crippen LogP contribution in [0.4, 0.5) is 0 Å². The Hall–Kier alpha value is -4.21. The number of nitrogens with one attached hydrogen (secondary N) is 3. The first-order valence-electron chi connectivity index (χ1n) is 11.6. The summed E-state index contributed by atoms with van der Waals surface area (Å²) < 4.78 is 0. The molecule has 4 atom stereocenters. The number of aliphatic imine (C=N–C) groups is 1. The topological polar surface area (TPSA) is 272 Å². The average Bonchev–Trinajstić information content (AvgIpc) is 3.51. The highest BCUT2D eigenvalue weighted by Crippen LogP contribution is 2.19. The van der Waals surface area contributed by atoms with Gasteiger partial charge >= 0.3 is 11.9 Å². The number of nitrogens with two attached hydrogens (primary N) is 3. The monoisotopic (exact) mass is 523 g/mol. The summed E-state index contributed by atoms with van der Waals surface area (Å²) in [4.78, 5) is 73.0. The third kappa shape index (κ3) is 9.06. The van der Waals surface area contributed by atoms with E-state index in [-0.39, 0.29) is 44.7 Å². The molecule has 1 aromatic heterocycles. The van der Waals surface area contributed by atoms with Gasteiger partial charge in [-0.15, -0.1) is 0 Å². The highest BCUT2D eigenvalue weighted by molar-refractivity contribution is 5.95. The molecule has 0 saturated carbocycles. The first-order chi connectivity index (χ1) is 17.5. The molecule has 11 N–H and O–H groups in total. The van der Waals surface area contributed by atoms with E-state index in [1.807, 2.05) is 0 Å². The Bertz CT molecular complexity index is 995. The van der Waals surface area contributed by atoms with E-state index in [4.69, 9.17) is 22.3 Å². The second-order valence-corrected chi connectivity index (χ2v) is 8.58. The van der Waals surface area contributed by atoms with Crippen molar-refractivity contribution in [3.05, 3.63) is 18.2 Å². The van der Waals surface area contributed by atoms with Gasteiger partial charge in [-0.2, -0.15) is 0 Å². The van der Waals surface area contributed by atoms with Crippen molar-refractivity contribution in [2.24, 2.45) is 22.2 Å². The maximum absolute atomic E-state index is 13.1. The quantitative estimate of drug-likeness (QED) is 0.0685. The first-order valence-corrected chi connectivity index (χ1v) is 11.6. The molecule has 1 aliphatic rings. The number of nitrogens with zero attached hydrogens (tertiary/aromatic N) is 3. The molecule has 0 aliphatic carbocycles. The summed E-state index contributed by atoms with van der Waals surface area (Å²) >= 11 is 0. The van der Waals surface area contributed by atoms with Crippen LogP contribution in [0.2, 0.25) is 0 Å². The van der Waals surface area contributed by atoms with Crippen LogP contribution in [0.5, 0.6) is 0 Å². The number of guanidine groups is 1. The van der Waals surface area contributed by atoms with Gasteiger partial charge < -0.3 is 47.9 Å². The summed E-state index contributed by atoms with van der Waals surface area (Å²) in [6.45, 7) is 0.368. The van der Waals surface area contributed by atoms with Crippen LogP contribution < -0.4 is 27.8 Å². The molecule has 0 radical (unpaired) electrons. The van der Waals surface area contributed by atoms with Gasteiger partial charge in [0.05, 0.1) is 18.8 Å². The summed E-state index contributed by atoms with van der Waals surface area (Å²) in [5.74, 6) is -4.75. The Labute approximate surface area is 212 Å². The lowest BCUT2D eigenvalue weighted by molar-refractivity contribution is -0.144. The van der Waals surface area contributed by atoms with Gasteiger partial charge in [0.15, 0.2) is 5.96 Å². The van der Waals surface area contributed by atoms with Crippen molar-refractivity contribution in [3.8, 4) is 0 Å². The number of likely N-dealkylation sites (tertiary alicyclic amines) is 1. The van der Waals surface area contributed by atoms with Gasteiger partial charge in [0, 0.05) is 31.4 Å². The smallest absolute Gasteiger partial charge is 0.326 e. The van der Waals surface area contributed by atoms with Crippen molar-refractivity contribution in [2.75, 3.05) is 13.1 Å². The van der Waals surface area contributed by atoms with Crippen LogP contribution in [0, 0.1) is 0 Å². The zero-order chi connectivity index (χ0) is 27.5. The third-order valence-corrected chi connectivity index (χ3v) is 5.72. The minimum absolute atomic E-state index is 0.0674. The number of carboxylic acids is 2. The molecule has 3 amide bonds. The van der Waals surface area contributed by atoms with Crippen LogP contribution in [-0.2, 0) is 30.4 Å². The maximum atomic E-state index is 13.1. The van der Waals surface area contributed by atoms with Crippen LogP contribution in [-0.4, -0.2) is 98.0 Å². The second kappa shape index (κ2) is 13.8. The van der Waals surface area contributed by atoms with Gasteiger partial charge in [-0.05, 0) is 25.7 Å². The summed E-state index contributed by atoms with van der Waals surface area (Å²) in [6.07, 6.45) is 3.27. The number of rotatable bonds is 14. The van der Waals surface area contributed by atoms with Crippen molar-refractivity contribution in [3.63, 3.8) is 0 Å². The maximum Gasteiger partial charge on any atom is 0.326 e. The van der Waals surface area contributed by atoms with Crippen LogP contribution in [0.1, 0.15) is 37.8 Å². The molecule has 0 bridgehead atoms. The first kappa shape index (κ1) is 29.0. The Kier molecular flexibility index (Phi) is 10.8. The van der Waals surface area contributed by atoms with Crippen LogP contribution in [0.25, 0.3) is 0 Å². The molecular formula is C21H33N9O7. The SMILES string of the molecule is NC(N)=NCCCC(NC(=O)C1CCCN1C(=O)C(N)CC(=O)O)C(=O)NC(Cc1cnc[nH]1)C(=O)O. The number of H-pyrrole nitrogens is 1. The zero-order valence-electron chi connectivity index (χ0n) is 20.1. The molecule has 16 heteroatoms. The fraction of sp³-hybridized carbons (Fsp3) is 0.571. The van der Waals surface area contributed by atoms with Gasteiger partial charge in [-0.25, -0.2) is 9.78 Å². The number of hydrogen-bond donors (Lipinski definition) is 8. The van der Waals surface area contributed by atoms with E-state index in [2.05, 4.69) is 25.6 Å².